The fourth-order valence-corrected chi connectivity index (χ4v) is 4.68. The molecule has 0 saturated carbocycles. The van der Waals surface area contributed by atoms with Gasteiger partial charge in [0, 0.05) is 5.75 Å². The Morgan fingerprint density at radius 3 is 2.35 bits per heavy atom. The molecule has 4 rings (SSSR count). The van der Waals surface area contributed by atoms with E-state index in [2.05, 4.69) is 39.6 Å². The van der Waals surface area contributed by atoms with Gasteiger partial charge < -0.3 is 14.2 Å². The van der Waals surface area contributed by atoms with Gasteiger partial charge in [0.1, 0.15) is 5.01 Å². The van der Waals surface area contributed by atoms with E-state index in [4.69, 9.17) is 14.2 Å². The van der Waals surface area contributed by atoms with Gasteiger partial charge in [-0.15, -0.1) is 22.0 Å². The zero-order chi connectivity index (χ0) is 21.6. The maximum absolute atomic E-state index is 5.42. The van der Waals surface area contributed by atoms with Gasteiger partial charge >= 0.3 is 0 Å². The second-order valence-corrected chi connectivity index (χ2v) is 8.49. The third kappa shape index (κ3) is 4.83. The van der Waals surface area contributed by atoms with Gasteiger partial charge in [-0.25, -0.2) is 0 Å². The lowest BCUT2D eigenvalue weighted by molar-refractivity contribution is 0.324. The van der Waals surface area contributed by atoms with Gasteiger partial charge in [0.25, 0.3) is 0 Å². The standard InChI is InChI=1S/C22H22N4O3S2/c1-27-17-11-16(12-18(28-2)21(17)29-3)9-10-20-25-26-19(23-24-22(26)31-20)14-30-13-15-7-5-4-6-8-15/h4-12H,13-14H2,1-3H3/b10-9+. The van der Waals surface area contributed by atoms with E-state index in [0.717, 1.165) is 32.9 Å². The molecular formula is C22H22N4O3S2. The van der Waals surface area contributed by atoms with Crippen LogP contribution in [-0.2, 0) is 11.5 Å². The molecule has 0 unspecified atom stereocenters. The van der Waals surface area contributed by atoms with Crippen molar-refractivity contribution in [3.8, 4) is 17.2 Å². The third-order valence-corrected chi connectivity index (χ3v) is 6.38. The molecule has 4 aromatic rings. The van der Waals surface area contributed by atoms with Gasteiger partial charge in [-0.1, -0.05) is 47.7 Å². The lowest BCUT2D eigenvalue weighted by atomic mass is 10.1. The summed E-state index contributed by atoms with van der Waals surface area (Å²) in [6, 6.07) is 14.2. The molecule has 2 aromatic carbocycles. The number of benzene rings is 2. The van der Waals surface area contributed by atoms with E-state index in [9.17, 15) is 0 Å². The topological polar surface area (TPSA) is 70.8 Å². The molecule has 0 N–H and O–H groups in total. The van der Waals surface area contributed by atoms with Crippen molar-refractivity contribution < 1.29 is 14.2 Å². The molecule has 0 aliphatic carbocycles. The summed E-state index contributed by atoms with van der Waals surface area (Å²) >= 11 is 3.28. The number of aromatic nitrogens is 4. The SMILES string of the molecule is COc1cc(/C=C/c2nn3c(CSCc4ccccc4)nnc3s2)cc(OC)c1OC. The van der Waals surface area contributed by atoms with Gasteiger partial charge in [0.2, 0.25) is 10.7 Å². The van der Waals surface area contributed by atoms with Crippen LogP contribution in [0.25, 0.3) is 17.1 Å². The van der Waals surface area contributed by atoms with Crippen LogP contribution in [0.3, 0.4) is 0 Å². The average molecular weight is 455 g/mol. The average Bonchev–Trinajstić information content (AvgIpc) is 3.38. The molecule has 0 spiro atoms. The molecule has 0 amide bonds. The molecule has 0 fully saturated rings. The van der Waals surface area contributed by atoms with Crippen LogP contribution < -0.4 is 14.2 Å². The highest BCUT2D eigenvalue weighted by atomic mass is 32.2. The van der Waals surface area contributed by atoms with Crippen LogP contribution in [0.4, 0.5) is 0 Å². The van der Waals surface area contributed by atoms with Crippen molar-refractivity contribution in [2.45, 2.75) is 11.5 Å². The third-order valence-electron chi connectivity index (χ3n) is 4.52. The number of methoxy groups -OCH3 is 3. The lowest BCUT2D eigenvalue weighted by Gasteiger charge is -2.12. The molecular weight excluding hydrogens is 432 g/mol. The first-order chi connectivity index (χ1) is 15.2. The summed E-state index contributed by atoms with van der Waals surface area (Å²) < 4.78 is 18.0. The molecule has 0 bridgehead atoms. The van der Waals surface area contributed by atoms with Crippen LogP contribution >= 0.6 is 23.1 Å². The van der Waals surface area contributed by atoms with Crippen LogP contribution in [0.2, 0.25) is 0 Å². The Labute approximate surface area is 188 Å². The highest BCUT2D eigenvalue weighted by molar-refractivity contribution is 7.97. The summed E-state index contributed by atoms with van der Waals surface area (Å²) in [7, 11) is 4.79. The molecule has 0 atom stereocenters. The lowest BCUT2D eigenvalue weighted by Crippen LogP contribution is -1.95. The summed E-state index contributed by atoms with van der Waals surface area (Å²) in [5.41, 5.74) is 2.21. The molecule has 2 aromatic heterocycles. The number of hydrogen-bond donors (Lipinski definition) is 0. The smallest absolute Gasteiger partial charge is 0.234 e. The summed E-state index contributed by atoms with van der Waals surface area (Å²) in [6.07, 6.45) is 3.90. The molecule has 0 aliphatic rings. The number of nitrogens with zero attached hydrogens (tertiary/aromatic N) is 4. The minimum absolute atomic E-state index is 0.568. The Hall–Kier alpha value is -3.04. The zero-order valence-corrected chi connectivity index (χ0v) is 19.1. The predicted molar refractivity (Wildman–Crippen MR) is 125 cm³/mol. The summed E-state index contributed by atoms with van der Waals surface area (Å²) in [6.45, 7) is 0. The van der Waals surface area contributed by atoms with Gasteiger partial charge in [0.15, 0.2) is 17.3 Å². The summed E-state index contributed by atoms with van der Waals surface area (Å²) in [5.74, 6) is 4.30. The Bertz CT molecular complexity index is 1160. The normalized spacial score (nSPS) is 11.3. The Morgan fingerprint density at radius 2 is 1.68 bits per heavy atom. The highest BCUT2D eigenvalue weighted by Gasteiger charge is 2.13. The first kappa shape index (κ1) is 21.2. The molecule has 0 aliphatic heterocycles. The number of hydrogen-bond acceptors (Lipinski definition) is 8. The van der Waals surface area contributed by atoms with Crippen molar-refractivity contribution >= 4 is 40.2 Å². The predicted octanol–water partition coefficient (Wildman–Crippen LogP) is 4.82. The van der Waals surface area contributed by atoms with Crippen molar-refractivity contribution in [3.05, 3.63) is 64.4 Å². The number of ether oxygens (including phenoxy) is 3. The largest absolute Gasteiger partial charge is 0.493 e. The molecule has 0 saturated heterocycles. The van der Waals surface area contributed by atoms with E-state index in [-0.39, 0.29) is 0 Å². The Kier molecular flexibility index (Phi) is 6.73. The molecule has 7 nitrogen and oxygen atoms in total. The van der Waals surface area contributed by atoms with Gasteiger partial charge in [-0.05, 0) is 29.3 Å². The maximum Gasteiger partial charge on any atom is 0.234 e. The second kappa shape index (κ2) is 9.84. The summed E-state index contributed by atoms with van der Waals surface area (Å²) in [5, 5.41) is 14.0. The van der Waals surface area contributed by atoms with Crippen molar-refractivity contribution in [2.24, 2.45) is 0 Å². The van der Waals surface area contributed by atoms with E-state index in [0.29, 0.717) is 17.2 Å². The van der Waals surface area contributed by atoms with Crippen molar-refractivity contribution in [1.82, 2.24) is 19.8 Å². The highest BCUT2D eigenvalue weighted by Crippen LogP contribution is 2.38. The fraction of sp³-hybridized carbons (Fsp3) is 0.227. The van der Waals surface area contributed by atoms with Crippen LogP contribution in [0.15, 0.2) is 42.5 Å². The molecule has 9 heteroatoms. The monoisotopic (exact) mass is 454 g/mol. The zero-order valence-electron chi connectivity index (χ0n) is 17.4. The number of fused-ring (bicyclic) bond motifs is 1. The number of rotatable bonds is 9. The maximum atomic E-state index is 5.42. The van der Waals surface area contributed by atoms with E-state index in [1.807, 2.05) is 34.9 Å². The van der Waals surface area contributed by atoms with Crippen LogP contribution in [0.1, 0.15) is 22.0 Å². The first-order valence-electron chi connectivity index (χ1n) is 9.52. The minimum Gasteiger partial charge on any atom is -0.493 e. The van der Waals surface area contributed by atoms with Crippen molar-refractivity contribution in [3.63, 3.8) is 0 Å². The van der Waals surface area contributed by atoms with E-state index < -0.39 is 0 Å². The number of thioether (sulfide) groups is 1. The van der Waals surface area contributed by atoms with Crippen molar-refractivity contribution in [2.75, 3.05) is 21.3 Å². The molecule has 0 radical (unpaired) electrons. The van der Waals surface area contributed by atoms with E-state index in [1.54, 1.807) is 33.1 Å². The van der Waals surface area contributed by atoms with Crippen LogP contribution in [0, 0.1) is 0 Å². The molecule has 31 heavy (non-hydrogen) atoms. The minimum atomic E-state index is 0.568. The Morgan fingerprint density at radius 1 is 0.935 bits per heavy atom. The van der Waals surface area contributed by atoms with E-state index in [1.165, 1.54) is 16.9 Å². The van der Waals surface area contributed by atoms with Crippen molar-refractivity contribution in [1.29, 1.82) is 0 Å². The summed E-state index contributed by atoms with van der Waals surface area (Å²) in [4.78, 5) is 0.778. The molecule has 160 valence electrons. The van der Waals surface area contributed by atoms with Gasteiger partial charge in [-0.3, -0.25) is 0 Å². The first-order valence-corrected chi connectivity index (χ1v) is 11.5. The second-order valence-electron chi connectivity index (χ2n) is 6.52. The van der Waals surface area contributed by atoms with Crippen LogP contribution in [-0.4, -0.2) is 41.1 Å². The van der Waals surface area contributed by atoms with E-state index >= 15 is 0 Å². The Balaban J connectivity index is 1.49. The quantitative estimate of drug-likeness (QED) is 0.359. The molecule has 2 heterocycles. The van der Waals surface area contributed by atoms with Gasteiger partial charge in [-0.2, -0.15) is 9.61 Å². The van der Waals surface area contributed by atoms with Gasteiger partial charge in [0.05, 0.1) is 27.1 Å². The fourth-order valence-electron chi connectivity index (χ4n) is 3.03. The van der Waals surface area contributed by atoms with Crippen LogP contribution in [0.5, 0.6) is 17.2 Å².